The molecule has 2 aromatic rings. The van der Waals surface area contributed by atoms with Crippen molar-refractivity contribution >= 4 is 5.91 Å². The fourth-order valence-electron chi connectivity index (χ4n) is 4.23. The van der Waals surface area contributed by atoms with E-state index in [0.717, 1.165) is 18.5 Å². The lowest BCUT2D eigenvalue weighted by molar-refractivity contribution is -0.0530. The molecule has 120 valence electrons. The van der Waals surface area contributed by atoms with Gasteiger partial charge in [0, 0.05) is 50.6 Å². The fraction of sp³-hybridized carbons (Fsp3) is 0.471. The van der Waals surface area contributed by atoms with E-state index in [1.807, 2.05) is 18.0 Å². The number of fused-ring (bicyclic) bond motifs is 2. The van der Waals surface area contributed by atoms with Crippen molar-refractivity contribution in [3.63, 3.8) is 0 Å². The van der Waals surface area contributed by atoms with Crippen molar-refractivity contribution in [3.05, 3.63) is 48.0 Å². The minimum Gasteiger partial charge on any atom is -0.383 e. The SMILES string of the molecule is Cn1nccc1C1(O)C[C@H]2CC[C@H](C1)N2C(=O)c1cccnc1. The number of piperidine rings is 1. The highest BCUT2D eigenvalue weighted by molar-refractivity contribution is 5.94. The summed E-state index contributed by atoms with van der Waals surface area (Å²) in [6, 6.07) is 5.60. The molecule has 0 spiro atoms. The molecule has 2 saturated heterocycles. The predicted molar refractivity (Wildman–Crippen MR) is 83.6 cm³/mol. The van der Waals surface area contributed by atoms with Crippen LogP contribution in [0.3, 0.4) is 0 Å². The highest BCUT2D eigenvalue weighted by Gasteiger charge is 2.51. The molecule has 6 nitrogen and oxygen atoms in total. The summed E-state index contributed by atoms with van der Waals surface area (Å²) in [7, 11) is 1.85. The lowest BCUT2D eigenvalue weighted by atomic mass is 9.83. The van der Waals surface area contributed by atoms with E-state index in [4.69, 9.17) is 0 Å². The van der Waals surface area contributed by atoms with Gasteiger partial charge >= 0.3 is 0 Å². The summed E-state index contributed by atoms with van der Waals surface area (Å²) in [4.78, 5) is 18.8. The van der Waals surface area contributed by atoms with Gasteiger partial charge in [-0.3, -0.25) is 14.5 Å². The van der Waals surface area contributed by atoms with Gasteiger partial charge in [-0.05, 0) is 31.0 Å². The van der Waals surface area contributed by atoms with Crippen LogP contribution in [-0.2, 0) is 12.6 Å². The number of aryl methyl sites for hydroxylation is 1. The summed E-state index contributed by atoms with van der Waals surface area (Å²) >= 11 is 0. The first-order chi connectivity index (χ1) is 11.1. The Bertz CT molecular complexity index is 713. The van der Waals surface area contributed by atoms with Crippen LogP contribution in [0.4, 0.5) is 0 Å². The lowest BCUT2D eigenvalue weighted by Gasteiger charge is -2.43. The topological polar surface area (TPSA) is 71.2 Å². The number of rotatable bonds is 2. The first kappa shape index (κ1) is 14.4. The second kappa shape index (κ2) is 5.16. The minimum atomic E-state index is -0.900. The molecule has 2 bridgehead atoms. The van der Waals surface area contributed by atoms with Gasteiger partial charge in [-0.1, -0.05) is 0 Å². The fourth-order valence-corrected chi connectivity index (χ4v) is 4.23. The van der Waals surface area contributed by atoms with Crippen LogP contribution in [0.25, 0.3) is 0 Å². The van der Waals surface area contributed by atoms with E-state index in [1.165, 1.54) is 0 Å². The standard InChI is InChI=1S/C17H20N4O2/c1-20-15(6-8-19-20)17(23)9-13-4-5-14(10-17)21(13)16(22)12-3-2-7-18-11-12/h2-3,6-8,11,13-14,23H,4-5,9-10H2,1H3/t13-,14-/m1/s1. The van der Waals surface area contributed by atoms with Gasteiger partial charge in [0.2, 0.25) is 0 Å². The van der Waals surface area contributed by atoms with Gasteiger partial charge in [0.1, 0.15) is 5.60 Å². The maximum absolute atomic E-state index is 12.8. The lowest BCUT2D eigenvalue weighted by Crippen LogP contribution is -2.52. The number of hydrogen-bond acceptors (Lipinski definition) is 4. The van der Waals surface area contributed by atoms with Crippen LogP contribution >= 0.6 is 0 Å². The molecular weight excluding hydrogens is 292 g/mol. The molecule has 2 aromatic heterocycles. The molecule has 23 heavy (non-hydrogen) atoms. The van der Waals surface area contributed by atoms with E-state index in [1.54, 1.807) is 35.4 Å². The molecule has 0 aliphatic carbocycles. The summed E-state index contributed by atoms with van der Waals surface area (Å²) < 4.78 is 1.73. The Labute approximate surface area is 134 Å². The third-order valence-electron chi connectivity index (χ3n) is 5.21. The summed E-state index contributed by atoms with van der Waals surface area (Å²) in [5.74, 6) is 0.0256. The van der Waals surface area contributed by atoms with Gasteiger partial charge in [0.05, 0.1) is 11.3 Å². The largest absolute Gasteiger partial charge is 0.383 e. The van der Waals surface area contributed by atoms with Gasteiger partial charge in [0.25, 0.3) is 5.91 Å². The van der Waals surface area contributed by atoms with Gasteiger partial charge in [-0.25, -0.2) is 0 Å². The molecule has 2 aliphatic heterocycles. The van der Waals surface area contributed by atoms with Crippen LogP contribution in [-0.4, -0.2) is 42.8 Å². The molecule has 0 unspecified atom stereocenters. The van der Waals surface area contributed by atoms with E-state index in [9.17, 15) is 9.90 Å². The number of hydrogen-bond donors (Lipinski definition) is 1. The molecule has 2 atom stereocenters. The number of pyridine rings is 1. The Balaban J connectivity index is 1.62. The van der Waals surface area contributed by atoms with E-state index >= 15 is 0 Å². The Morgan fingerprint density at radius 1 is 1.26 bits per heavy atom. The maximum Gasteiger partial charge on any atom is 0.255 e. The van der Waals surface area contributed by atoms with Crippen molar-refractivity contribution in [1.82, 2.24) is 19.7 Å². The maximum atomic E-state index is 12.8. The van der Waals surface area contributed by atoms with Gasteiger partial charge < -0.3 is 10.0 Å². The van der Waals surface area contributed by atoms with E-state index in [0.29, 0.717) is 18.4 Å². The van der Waals surface area contributed by atoms with Gasteiger partial charge in [-0.2, -0.15) is 5.10 Å². The molecule has 4 rings (SSSR count). The molecule has 6 heteroatoms. The van der Waals surface area contributed by atoms with Crippen LogP contribution in [0.2, 0.25) is 0 Å². The van der Waals surface area contributed by atoms with E-state index in [2.05, 4.69) is 10.1 Å². The Morgan fingerprint density at radius 2 is 2.00 bits per heavy atom. The highest BCUT2D eigenvalue weighted by atomic mass is 16.3. The number of amides is 1. The van der Waals surface area contributed by atoms with Crippen molar-refractivity contribution in [2.45, 2.75) is 43.4 Å². The average molecular weight is 312 g/mol. The molecule has 2 aliphatic rings. The minimum absolute atomic E-state index is 0.0256. The predicted octanol–water partition coefficient (Wildman–Crippen LogP) is 1.47. The molecule has 1 N–H and O–H groups in total. The summed E-state index contributed by atoms with van der Waals surface area (Å²) in [5, 5.41) is 15.3. The number of aromatic nitrogens is 3. The zero-order valence-corrected chi connectivity index (χ0v) is 13.1. The quantitative estimate of drug-likeness (QED) is 0.911. The van der Waals surface area contributed by atoms with E-state index < -0.39 is 5.60 Å². The number of carbonyl (C=O) groups is 1. The van der Waals surface area contributed by atoms with Crippen molar-refractivity contribution in [1.29, 1.82) is 0 Å². The van der Waals surface area contributed by atoms with Crippen molar-refractivity contribution in [2.24, 2.45) is 7.05 Å². The van der Waals surface area contributed by atoms with Crippen LogP contribution in [0.5, 0.6) is 0 Å². The third-order valence-corrected chi connectivity index (χ3v) is 5.21. The third kappa shape index (κ3) is 2.25. The molecule has 0 radical (unpaired) electrons. The van der Waals surface area contributed by atoms with Gasteiger partial charge in [-0.15, -0.1) is 0 Å². The zero-order valence-electron chi connectivity index (χ0n) is 13.1. The monoisotopic (exact) mass is 312 g/mol. The second-order valence-electron chi connectivity index (χ2n) is 6.62. The van der Waals surface area contributed by atoms with E-state index in [-0.39, 0.29) is 18.0 Å². The number of carbonyl (C=O) groups excluding carboxylic acids is 1. The zero-order chi connectivity index (χ0) is 16.0. The Kier molecular flexibility index (Phi) is 3.23. The van der Waals surface area contributed by atoms with Gasteiger partial charge in [0.15, 0.2) is 0 Å². The molecule has 0 saturated carbocycles. The molecule has 0 aromatic carbocycles. The van der Waals surface area contributed by atoms with Crippen molar-refractivity contribution in [2.75, 3.05) is 0 Å². The average Bonchev–Trinajstić information content (AvgIpc) is 3.10. The molecule has 1 amide bonds. The van der Waals surface area contributed by atoms with Crippen LogP contribution in [0.15, 0.2) is 36.8 Å². The van der Waals surface area contributed by atoms with Crippen molar-refractivity contribution in [3.8, 4) is 0 Å². The first-order valence-electron chi connectivity index (χ1n) is 8.02. The first-order valence-corrected chi connectivity index (χ1v) is 8.02. The normalized spacial score (nSPS) is 29.7. The van der Waals surface area contributed by atoms with Crippen LogP contribution in [0.1, 0.15) is 41.7 Å². The van der Waals surface area contributed by atoms with Crippen LogP contribution < -0.4 is 0 Å². The molecular formula is C17H20N4O2. The second-order valence-corrected chi connectivity index (χ2v) is 6.62. The molecule has 4 heterocycles. The number of nitrogens with zero attached hydrogens (tertiary/aromatic N) is 4. The highest BCUT2D eigenvalue weighted by Crippen LogP contribution is 2.45. The smallest absolute Gasteiger partial charge is 0.255 e. The number of aliphatic hydroxyl groups is 1. The summed E-state index contributed by atoms with van der Waals surface area (Å²) in [6.45, 7) is 0. The Morgan fingerprint density at radius 3 is 2.57 bits per heavy atom. The summed E-state index contributed by atoms with van der Waals surface area (Å²) in [6.07, 6.45) is 8.01. The van der Waals surface area contributed by atoms with Crippen LogP contribution in [0, 0.1) is 0 Å². The summed E-state index contributed by atoms with van der Waals surface area (Å²) in [5.41, 5.74) is 0.557. The molecule has 2 fully saturated rings. The Hall–Kier alpha value is -2.21. The van der Waals surface area contributed by atoms with Crippen molar-refractivity contribution < 1.29 is 9.90 Å².